The topological polar surface area (TPSA) is 80.3 Å². The van der Waals surface area contributed by atoms with Crippen molar-refractivity contribution in [1.29, 1.82) is 0 Å². The summed E-state index contributed by atoms with van der Waals surface area (Å²) in [6.07, 6.45) is 3.57. The van der Waals surface area contributed by atoms with E-state index in [0.717, 1.165) is 36.8 Å². The standard InChI is InChI=1S/C13H17N9/c1-19(5-10-6-20(2)18-15-10)11-7-21(8-11)13-4-3-12-16-14-9-22(12)17-13/h3-4,6,9,11H,5,7-8H2,1-2H3. The number of nitrogens with zero attached hydrogens (tertiary/aromatic N) is 9. The number of aromatic nitrogens is 7. The van der Waals surface area contributed by atoms with Crippen LogP contribution in [0.3, 0.4) is 0 Å². The average Bonchev–Trinajstić information content (AvgIpc) is 3.05. The molecule has 0 spiro atoms. The van der Waals surface area contributed by atoms with Crippen LogP contribution in [0.15, 0.2) is 24.7 Å². The molecule has 0 atom stereocenters. The fourth-order valence-electron chi connectivity index (χ4n) is 2.66. The second kappa shape index (κ2) is 5.02. The highest BCUT2D eigenvalue weighted by molar-refractivity contribution is 5.47. The highest BCUT2D eigenvalue weighted by Gasteiger charge is 2.31. The van der Waals surface area contributed by atoms with Gasteiger partial charge in [0.1, 0.15) is 12.1 Å². The number of aryl methyl sites for hydroxylation is 1. The van der Waals surface area contributed by atoms with Gasteiger partial charge in [0.15, 0.2) is 5.65 Å². The van der Waals surface area contributed by atoms with Crippen LogP contribution in [-0.4, -0.2) is 65.9 Å². The fourth-order valence-corrected chi connectivity index (χ4v) is 2.66. The lowest BCUT2D eigenvalue weighted by Gasteiger charge is -2.44. The van der Waals surface area contributed by atoms with Gasteiger partial charge in [-0.05, 0) is 19.2 Å². The number of rotatable bonds is 4. The molecule has 114 valence electrons. The van der Waals surface area contributed by atoms with Crippen LogP contribution in [0.5, 0.6) is 0 Å². The Morgan fingerprint density at radius 3 is 2.91 bits per heavy atom. The predicted octanol–water partition coefficient (Wildman–Crippen LogP) is -0.427. The highest BCUT2D eigenvalue weighted by Crippen LogP contribution is 2.21. The van der Waals surface area contributed by atoms with Gasteiger partial charge in [0, 0.05) is 38.9 Å². The second-order valence-electron chi connectivity index (χ2n) is 5.68. The Bertz CT molecular complexity index is 786. The maximum atomic E-state index is 4.51. The van der Waals surface area contributed by atoms with Crippen molar-refractivity contribution in [2.24, 2.45) is 7.05 Å². The summed E-state index contributed by atoms with van der Waals surface area (Å²) >= 11 is 0. The van der Waals surface area contributed by atoms with Crippen molar-refractivity contribution in [3.05, 3.63) is 30.4 Å². The van der Waals surface area contributed by atoms with E-state index in [4.69, 9.17) is 0 Å². The fraction of sp³-hybridized carbons (Fsp3) is 0.462. The molecule has 1 fully saturated rings. The summed E-state index contributed by atoms with van der Waals surface area (Å²) in [5.41, 5.74) is 1.76. The Labute approximate surface area is 127 Å². The molecule has 1 aliphatic heterocycles. The van der Waals surface area contributed by atoms with Gasteiger partial charge < -0.3 is 4.90 Å². The quantitative estimate of drug-likeness (QED) is 0.647. The number of likely N-dealkylation sites (N-methyl/N-ethyl adjacent to an activating group) is 1. The smallest absolute Gasteiger partial charge is 0.177 e. The van der Waals surface area contributed by atoms with E-state index >= 15 is 0 Å². The third-order valence-corrected chi connectivity index (χ3v) is 4.02. The van der Waals surface area contributed by atoms with E-state index in [-0.39, 0.29) is 0 Å². The van der Waals surface area contributed by atoms with E-state index < -0.39 is 0 Å². The molecule has 0 amide bonds. The van der Waals surface area contributed by atoms with Gasteiger partial charge in [-0.1, -0.05) is 5.21 Å². The molecule has 0 saturated carbocycles. The first-order valence-corrected chi connectivity index (χ1v) is 7.16. The summed E-state index contributed by atoms with van der Waals surface area (Å²) in [6, 6.07) is 4.43. The lowest BCUT2D eigenvalue weighted by atomic mass is 10.1. The number of hydrogen-bond acceptors (Lipinski definition) is 7. The van der Waals surface area contributed by atoms with Gasteiger partial charge in [-0.25, -0.2) is 0 Å². The van der Waals surface area contributed by atoms with Gasteiger partial charge >= 0.3 is 0 Å². The van der Waals surface area contributed by atoms with Crippen molar-refractivity contribution in [2.45, 2.75) is 12.6 Å². The molecule has 4 rings (SSSR count). The Hall–Kier alpha value is -2.55. The Morgan fingerprint density at radius 2 is 2.14 bits per heavy atom. The van der Waals surface area contributed by atoms with Gasteiger partial charge in [0.05, 0.1) is 5.69 Å². The normalized spacial score (nSPS) is 15.7. The van der Waals surface area contributed by atoms with E-state index in [9.17, 15) is 0 Å². The van der Waals surface area contributed by atoms with Crippen LogP contribution < -0.4 is 4.90 Å². The molecule has 3 aromatic rings. The van der Waals surface area contributed by atoms with Crippen molar-refractivity contribution in [2.75, 3.05) is 25.0 Å². The molecule has 1 saturated heterocycles. The molecule has 4 heterocycles. The lowest BCUT2D eigenvalue weighted by molar-refractivity contribution is 0.194. The summed E-state index contributed by atoms with van der Waals surface area (Å²) in [4.78, 5) is 4.55. The van der Waals surface area contributed by atoms with Crippen molar-refractivity contribution < 1.29 is 0 Å². The van der Waals surface area contributed by atoms with Gasteiger partial charge in [0.25, 0.3) is 0 Å². The largest absolute Gasteiger partial charge is 0.352 e. The molecule has 0 unspecified atom stereocenters. The van der Waals surface area contributed by atoms with Crippen LogP contribution in [-0.2, 0) is 13.6 Å². The Morgan fingerprint density at radius 1 is 1.27 bits per heavy atom. The zero-order valence-corrected chi connectivity index (χ0v) is 12.5. The molecule has 0 aliphatic carbocycles. The zero-order valence-electron chi connectivity index (χ0n) is 12.5. The molecule has 9 heteroatoms. The van der Waals surface area contributed by atoms with Crippen LogP contribution in [0.1, 0.15) is 5.69 Å². The molecule has 0 aromatic carbocycles. The minimum Gasteiger partial charge on any atom is -0.352 e. The van der Waals surface area contributed by atoms with Gasteiger partial charge in [-0.2, -0.15) is 4.52 Å². The van der Waals surface area contributed by atoms with E-state index in [1.54, 1.807) is 15.5 Å². The Kier molecular flexibility index (Phi) is 3.00. The van der Waals surface area contributed by atoms with Crippen molar-refractivity contribution in [3.8, 4) is 0 Å². The SMILES string of the molecule is CN(Cc1cn(C)nn1)C1CN(c2ccc3nncn3n2)C1. The molecule has 22 heavy (non-hydrogen) atoms. The molecule has 0 radical (unpaired) electrons. The molecule has 0 N–H and O–H groups in total. The van der Waals surface area contributed by atoms with E-state index in [1.807, 2.05) is 25.4 Å². The van der Waals surface area contributed by atoms with E-state index in [2.05, 4.69) is 42.5 Å². The zero-order chi connectivity index (χ0) is 15.1. The first-order valence-electron chi connectivity index (χ1n) is 7.16. The monoisotopic (exact) mass is 299 g/mol. The summed E-state index contributed by atoms with van der Waals surface area (Å²) in [5.74, 6) is 0.955. The maximum absolute atomic E-state index is 4.51. The summed E-state index contributed by atoms with van der Waals surface area (Å²) in [7, 11) is 4.00. The molecular formula is C13H17N9. The Balaban J connectivity index is 1.38. The predicted molar refractivity (Wildman–Crippen MR) is 79.3 cm³/mol. The van der Waals surface area contributed by atoms with Crippen molar-refractivity contribution >= 4 is 11.5 Å². The van der Waals surface area contributed by atoms with Crippen LogP contribution in [0.2, 0.25) is 0 Å². The number of fused-ring (bicyclic) bond motifs is 1. The number of hydrogen-bond donors (Lipinski definition) is 0. The van der Waals surface area contributed by atoms with Crippen molar-refractivity contribution in [1.82, 2.24) is 39.7 Å². The van der Waals surface area contributed by atoms with Crippen LogP contribution >= 0.6 is 0 Å². The molecule has 1 aliphatic rings. The first kappa shape index (κ1) is 13.1. The lowest BCUT2D eigenvalue weighted by Crippen LogP contribution is -2.58. The maximum Gasteiger partial charge on any atom is 0.177 e. The van der Waals surface area contributed by atoms with Gasteiger partial charge in [-0.3, -0.25) is 9.58 Å². The van der Waals surface area contributed by atoms with Gasteiger partial charge in [0.2, 0.25) is 0 Å². The third kappa shape index (κ3) is 2.29. The molecule has 9 nitrogen and oxygen atoms in total. The van der Waals surface area contributed by atoms with Crippen LogP contribution in [0, 0.1) is 0 Å². The minimum absolute atomic E-state index is 0.500. The first-order chi connectivity index (χ1) is 10.7. The minimum atomic E-state index is 0.500. The van der Waals surface area contributed by atoms with Crippen molar-refractivity contribution in [3.63, 3.8) is 0 Å². The van der Waals surface area contributed by atoms with Gasteiger partial charge in [-0.15, -0.1) is 20.4 Å². The van der Waals surface area contributed by atoms with Crippen LogP contribution in [0.4, 0.5) is 5.82 Å². The summed E-state index contributed by atoms with van der Waals surface area (Å²) < 4.78 is 3.43. The molecule has 0 bridgehead atoms. The van der Waals surface area contributed by atoms with E-state index in [0.29, 0.717) is 6.04 Å². The second-order valence-corrected chi connectivity index (χ2v) is 5.68. The molecular weight excluding hydrogens is 282 g/mol. The molecule has 3 aromatic heterocycles. The number of anilines is 1. The highest BCUT2D eigenvalue weighted by atomic mass is 15.4. The average molecular weight is 299 g/mol. The van der Waals surface area contributed by atoms with E-state index in [1.165, 1.54) is 0 Å². The summed E-state index contributed by atoms with van der Waals surface area (Å²) in [5, 5.41) is 20.4. The van der Waals surface area contributed by atoms with Crippen LogP contribution in [0.25, 0.3) is 5.65 Å². The third-order valence-electron chi connectivity index (χ3n) is 4.02. The summed E-state index contributed by atoms with van der Waals surface area (Å²) in [6.45, 7) is 2.72.